The van der Waals surface area contributed by atoms with Crippen molar-refractivity contribution in [3.8, 4) is 0 Å². The van der Waals surface area contributed by atoms with E-state index >= 15 is 0 Å². The van der Waals surface area contributed by atoms with Gasteiger partial charge in [-0.3, -0.25) is 0 Å². The van der Waals surface area contributed by atoms with Crippen molar-refractivity contribution in [3.63, 3.8) is 0 Å². The Bertz CT molecular complexity index is 1970. The molecule has 2 aliphatic rings. The van der Waals surface area contributed by atoms with Crippen LogP contribution in [0.1, 0.15) is 27.8 Å². The second kappa shape index (κ2) is 24.3. The molecule has 11 nitrogen and oxygen atoms in total. The molecule has 0 saturated carbocycles. The summed E-state index contributed by atoms with van der Waals surface area (Å²) >= 11 is 0. The normalized spacial score (nSPS) is 26.3. The number of aliphatic hydroxyl groups excluding tert-OH is 1. The number of aliphatic hydroxyl groups is 1. The van der Waals surface area contributed by atoms with Crippen LogP contribution in [0, 0.1) is 0 Å². The van der Waals surface area contributed by atoms with E-state index in [4.69, 9.17) is 47.3 Å². The largest absolute Gasteiger partial charge is 0.424 e. The summed E-state index contributed by atoms with van der Waals surface area (Å²) in [5, 5.41) is 12.3. The molecule has 0 amide bonds. The van der Waals surface area contributed by atoms with Crippen molar-refractivity contribution in [2.75, 3.05) is 20.3 Å². The fraction of sp³-hybridized carbons (Fsp3) is 0.388. The van der Waals surface area contributed by atoms with E-state index in [1.165, 1.54) is 7.11 Å². The smallest absolute Gasteiger partial charge is 0.312 e. The molecule has 0 radical (unpaired) electrons. The zero-order valence-electron chi connectivity index (χ0n) is 35.3. The van der Waals surface area contributed by atoms with E-state index in [0.717, 1.165) is 27.8 Å². The van der Waals surface area contributed by atoms with Gasteiger partial charge in [0, 0.05) is 7.11 Å². The minimum absolute atomic E-state index is 0.138. The number of hydrogen-bond acceptors (Lipinski definition) is 11. The molecule has 5 aromatic carbocycles. The lowest BCUT2D eigenvalue weighted by molar-refractivity contribution is -0.374. The molecule has 13 heteroatoms. The molecule has 7 rings (SSSR count). The van der Waals surface area contributed by atoms with Crippen molar-refractivity contribution < 1.29 is 52.4 Å². The maximum absolute atomic E-state index is 12.3. The van der Waals surface area contributed by atoms with Crippen LogP contribution in [0.2, 0.25) is 6.82 Å². The van der Waals surface area contributed by atoms with Crippen LogP contribution >= 0.6 is 9.12 Å². The molecule has 328 valence electrons. The van der Waals surface area contributed by atoms with Crippen LogP contribution in [0.25, 0.3) is 0 Å². The minimum atomic E-state index is -1.23. The predicted molar refractivity (Wildman–Crippen MR) is 239 cm³/mol. The maximum Gasteiger partial charge on any atom is 0.312 e. The van der Waals surface area contributed by atoms with Gasteiger partial charge in [0.05, 0.1) is 52.4 Å². The first-order valence-corrected chi connectivity index (χ1v) is 21.9. The quantitative estimate of drug-likeness (QED) is 0.0556. The lowest BCUT2D eigenvalue weighted by Gasteiger charge is -2.49. The number of rotatable bonds is 22. The first-order valence-electron chi connectivity index (χ1n) is 21.2. The average Bonchev–Trinajstić information content (AvgIpc) is 3.31. The standard InChI is InChI=1S/C49H58BO11P/c1-50(62)61-43-40(33-53-28-35-18-8-3-9-19-35)58-48(52-2)45(42(43)51)60-49-47(57-32-39-26-16-7-17-27-39)46(56-31-38-24-14-6-15-25-38)44(55-30-37-22-12-5-13-23-37)41(59-49)34-54-29-36-20-10-4-11-21-36/h3-27,40-49,51H,28-34,62H2,1-2H3/t40?,41?,42-,43+,44+,45?,46+,47?,48+,49+/m0/s1. The third kappa shape index (κ3) is 13.3. The summed E-state index contributed by atoms with van der Waals surface area (Å²) in [7, 11) is 4.14. The molecular weight excluding hydrogens is 806 g/mol. The Kier molecular flexibility index (Phi) is 18.1. The van der Waals surface area contributed by atoms with E-state index in [-0.39, 0.29) is 39.7 Å². The Morgan fingerprint density at radius 3 is 1.27 bits per heavy atom. The van der Waals surface area contributed by atoms with E-state index in [9.17, 15) is 5.11 Å². The third-order valence-electron chi connectivity index (χ3n) is 10.7. The lowest BCUT2D eigenvalue weighted by Crippen LogP contribution is -2.66. The molecule has 62 heavy (non-hydrogen) atoms. The van der Waals surface area contributed by atoms with Crippen LogP contribution in [-0.2, 0) is 80.3 Å². The summed E-state index contributed by atoms with van der Waals surface area (Å²) in [5.41, 5.74) is 4.93. The average molecular weight is 865 g/mol. The summed E-state index contributed by atoms with van der Waals surface area (Å²) in [5.74, 6) is 0. The van der Waals surface area contributed by atoms with Crippen molar-refractivity contribution in [2.24, 2.45) is 0 Å². The Labute approximate surface area is 368 Å². The van der Waals surface area contributed by atoms with Gasteiger partial charge in [0.1, 0.15) is 42.7 Å². The predicted octanol–water partition coefficient (Wildman–Crippen LogP) is 7.40. The van der Waals surface area contributed by atoms with E-state index in [2.05, 4.69) is 9.12 Å². The van der Waals surface area contributed by atoms with Gasteiger partial charge in [0.25, 0.3) is 0 Å². The Hall–Kier alpha value is -3.85. The fourth-order valence-electron chi connectivity index (χ4n) is 7.66. The third-order valence-corrected chi connectivity index (χ3v) is 10.9. The van der Waals surface area contributed by atoms with Gasteiger partial charge in [-0.15, -0.1) is 9.12 Å². The second-order valence-corrected chi connectivity index (χ2v) is 16.4. The van der Waals surface area contributed by atoms with Gasteiger partial charge in [-0.2, -0.15) is 0 Å². The van der Waals surface area contributed by atoms with Crippen LogP contribution in [0.15, 0.2) is 152 Å². The van der Waals surface area contributed by atoms with Gasteiger partial charge in [0.15, 0.2) is 12.6 Å². The van der Waals surface area contributed by atoms with Gasteiger partial charge < -0.3 is 52.4 Å². The fourth-order valence-corrected chi connectivity index (χ4v) is 7.84. The van der Waals surface area contributed by atoms with Crippen molar-refractivity contribution >= 4 is 15.8 Å². The molecule has 5 unspecified atom stereocenters. The molecule has 0 aromatic heterocycles. The summed E-state index contributed by atoms with van der Waals surface area (Å²) in [4.78, 5) is 0. The summed E-state index contributed by atoms with van der Waals surface area (Å²) in [6.45, 7) is 3.30. The monoisotopic (exact) mass is 864 g/mol. The second-order valence-electron chi connectivity index (χ2n) is 15.5. The van der Waals surface area contributed by atoms with Crippen LogP contribution in [0.4, 0.5) is 0 Å². The number of methoxy groups -OCH3 is 1. The Balaban J connectivity index is 1.20. The Morgan fingerprint density at radius 1 is 0.484 bits per heavy atom. The maximum atomic E-state index is 12.3. The molecule has 2 aliphatic heterocycles. The highest BCUT2D eigenvalue weighted by Gasteiger charge is 2.54. The molecule has 0 bridgehead atoms. The zero-order valence-corrected chi connectivity index (χ0v) is 36.5. The van der Waals surface area contributed by atoms with Gasteiger partial charge in [-0.05, 0) is 27.8 Å². The molecule has 5 aromatic rings. The molecule has 2 heterocycles. The highest BCUT2D eigenvalue weighted by Crippen LogP contribution is 2.35. The topological polar surface area (TPSA) is 113 Å². The van der Waals surface area contributed by atoms with Crippen molar-refractivity contribution in [1.29, 1.82) is 0 Å². The molecule has 0 aliphatic carbocycles. The molecule has 1 N–H and O–H groups in total. The molecule has 2 fully saturated rings. The molecular formula is C49H58BO11P. The zero-order chi connectivity index (χ0) is 42.9. The van der Waals surface area contributed by atoms with E-state index in [0.29, 0.717) is 13.2 Å². The summed E-state index contributed by atoms with van der Waals surface area (Å²) in [6.07, 6.45) is -9.01. The van der Waals surface area contributed by atoms with Gasteiger partial charge in [-0.1, -0.05) is 158 Å². The van der Waals surface area contributed by atoms with Crippen molar-refractivity contribution in [3.05, 3.63) is 179 Å². The van der Waals surface area contributed by atoms with Gasteiger partial charge in [-0.25, -0.2) is 0 Å². The highest BCUT2D eigenvalue weighted by atomic mass is 31.0. The van der Waals surface area contributed by atoms with E-state index in [1.807, 2.05) is 158 Å². The molecule has 2 saturated heterocycles. The summed E-state index contributed by atoms with van der Waals surface area (Å²) < 4.78 is 65.6. The number of ether oxygens (including phenoxy) is 9. The van der Waals surface area contributed by atoms with Crippen molar-refractivity contribution in [2.45, 2.75) is 101 Å². The van der Waals surface area contributed by atoms with Crippen LogP contribution in [0.5, 0.6) is 0 Å². The first-order chi connectivity index (χ1) is 30.4. The molecule has 11 atom stereocenters. The minimum Gasteiger partial charge on any atom is -0.424 e. The van der Waals surface area contributed by atoms with Gasteiger partial charge in [0.2, 0.25) is 0 Å². The van der Waals surface area contributed by atoms with Crippen LogP contribution < -0.4 is 0 Å². The number of hydrogen-bond donors (Lipinski definition) is 1. The van der Waals surface area contributed by atoms with Crippen LogP contribution in [-0.4, -0.2) is 93.5 Å². The van der Waals surface area contributed by atoms with Gasteiger partial charge >= 0.3 is 6.64 Å². The molecule has 0 spiro atoms. The lowest BCUT2D eigenvalue weighted by atomic mass is 9.94. The summed E-state index contributed by atoms with van der Waals surface area (Å²) in [6, 6.07) is 49.6. The Morgan fingerprint density at radius 2 is 0.855 bits per heavy atom. The van der Waals surface area contributed by atoms with E-state index < -0.39 is 61.4 Å². The number of benzene rings is 5. The van der Waals surface area contributed by atoms with E-state index in [1.54, 1.807) is 0 Å². The van der Waals surface area contributed by atoms with Crippen LogP contribution in [0.3, 0.4) is 0 Å². The van der Waals surface area contributed by atoms with Crippen molar-refractivity contribution in [1.82, 2.24) is 0 Å². The first kappa shape index (κ1) is 46.2. The highest BCUT2D eigenvalue weighted by molar-refractivity contribution is 7.60. The SMILES string of the molecule is CO[C@@H]1OC(COCc2ccccc2)[C@@H](OB(C)P)[C@H](O)C1O[C@H]1OC(COCc2ccccc2)[C@@H](OCc2ccccc2)[C@@H](OCc2ccccc2)C1OCc1ccccc1.